The van der Waals surface area contributed by atoms with Crippen molar-refractivity contribution >= 4 is 38.5 Å². The first kappa shape index (κ1) is 14.0. The SMILES string of the molecule is CCn1ncc(Br)c1C(NN)c1ccccc1I. The van der Waals surface area contributed by atoms with Crippen LogP contribution in [0.5, 0.6) is 0 Å². The summed E-state index contributed by atoms with van der Waals surface area (Å²) >= 11 is 5.86. The zero-order chi connectivity index (χ0) is 13.1. The Labute approximate surface area is 128 Å². The van der Waals surface area contributed by atoms with Gasteiger partial charge in [0, 0.05) is 10.1 Å². The van der Waals surface area contributed by atoms with Crippen molar-refractivity contribution in [3.8, 4) is 0 Å². The van der Waals surface area contributed by atoms with Crippen molar-refractivity contribution in [3.05, 3.63) is 49.8 Å². The first-order valence-corrected chi connectivity index (χ1v) is 7.48. The predicted molar refractivity (Wildman–Crippen MR) is 83.9 cm³/mol. The van der Waals surface area contributed by atoms with Crippen LogP contribution >= 0.6 is 38.5 Å². The van der Waals surface area contributed by atoms with E-state index in [0.29, 0.717) is 0 Å². The van der Waals surface area contributed by atoms with Crippen LogP contribution in [0.1, 0.15) is 24.2 Å². The molecule has 0 aliphatic heterocycles. The first-order valence-electron chi connectivity index (χ1n) is 5.60. The molecule has 0 radical (unpaired) electrons. The number of nitrogens with zero attached hydrogens (tertiary/aromatic N) is 2. The molecule has 4 nitrogen and oxygen atoms in total. The molecule has 0 spiro atoms. The van der Waals surface area contributed by atoms with E-state index in [2.05, 4.69) is 68.1 Å². The normalized spacial score (nSPS) is 12.7. The van der Waals surface area contributed by atoms with E-state index in [9.17, 15) is 0 Å². The molecule has 1 aromatic heterocycles. The Morgan fingerprint density at radius 2 is 2.22 bits per heavy atom. The van der Waals surface area contributed by atoms with Gasteiger partial charge in [0.25, 0.3) is 0 Å². The summed E-state index contributed by atoms with van der Waals surface area (Å²) in [6.07, 6.45) is 1.80. The lowest BCUT2D eigenvalue weighted by Crippen LogP contribution is -2.31. The van der Waals surface area contributed by atoms with E-state index in [4.69, 9.17) is 5.84 Å². The lowest BCUT2D eigenvalue weighted by Gasteiger charge is -2.19. The summed E-state index contributed by atoms with van der Waals surface area (Å²) in [6, 6.07) is 8.11. The van der Waals surface area contributed by atoms with Crippen LogP contribution in [0.25, 0.3) is 0 Å². The maximum absolute atomic E-state index is 5.74. The average molecular weight is 421 g/mol. The molecule has 0 aliphatic rings. The monoisotopic (exact) mass is 420 g/mol. The minimum Gasteiger partial charge on any atom is -0.271 e. The van der Waals surface area contributed by atoms with Crippen LogP contribution in [-0.4, -0.2) is 9.78 Å². The number of halogens is 2. The molecule has 1 atom stereocenters. The number of nitrogens with two attached hydrogens (primary N) is 1. The number of rotatable bonds is 4. The molecule has 0 bridgehead atoms. The number of hydrogen-bond donors (Lipinski definition) is 2. The van der Waals surface area contributed by atoms with Gasteiger partial charge >= 0.3 is 0 Å². The molecular weight excluding hydrogens is 407 g/mol. The van der Waals surface area contributed by atoms with Gasteiger partial charge in [-0.2, -0.15) is 5.10 Å². The molecule has 0 amide bonds. The summed E-state index contributed by atoms with van der Waals surface area (Å²) in [6.45, 7) is 2.87. The highest BCUT2D eigenvalue weighted by atomic mass is 127. The van der Waals surface area contributed by atoms with Crippen molar-refractivity contribution in [2.45, 2.75) is 19.5 Å². The Hall–Kier alpha value is -0.440. The molecule has 0 fully saturated rings. The third-order valence-corrected chi connectivity index (χ3v) is 4.38. The van der Waals surface area contributed by atoms with Crippen molar-refractivity contribution in [3.63, 3.8) is 0 Å². The molecule has 1 unspecified atom stereocenters. The molecule has 6 heteroatoms. The van der Waals surface area contributed by atoms with Gasteiger partial charge in [0.2, 0.25) is 0 Å². The Morgan fingerprint density at radius 3 is 2.83 bits per heavy atom. The van der Waals surface area contributed by atoms with Gasteiger partial charge in [-0.15, -0.1) is 0 Å². The zero-order valence-electron chi connectivity index (χ0n) is 9.90. The highest BCUT2D eigenvalue weighted by molar-refractivity contribution is 14.1. The van der Waals surface area contributed by atoms with Gasteiger partial charge in [-0.25, -0.2) is 5.43 Å². The molecule has 2 aromatic rings. The maximum Gasteiger partial charge on any atom is 0.0900 e. The molecule has 1 aromatic carbocycles. The van der Waals surface area contributed by atoms with Crippen molar-refractivity contribution in [1.29, 1.82) is 0 Å². The lowest BCUT2D eigenvalue weighted by molar-refractivity contribution is 0.540. The fourth-order valence-corrected chi connectivity index (χ4v) is 3.16. The second-order valence-corrected chi connectivity index (χ2v) is 5.83. The van der Waals surface area contributed by atoms with Gasteiger partial charge in [0.1, 0.15) is 0 Å². The Balaban J connectivity index is 2.52. The summed E-state index contributed by atoms with van der Waals surface area (Å²) in [5.74, 6) is 5.74. The fourth-order valence-electron chi connectivity index (χ4n) is 1.94. The van der Waals surface area contributed by atoms with Gasteiger partial charge in [0.05, 0.1) is 22.4 Å². The number of nitrogens with one attached hydrogen (secondary N) is 1. The number of hydrazine groups is 1. The van der Waals surface area contributed by atoms with Crippen molar-refractivity contribution in [2.24, 2.45) is 5.84 Å². The molecule has 3 N–H and O–H groups in total. The van der Waals surface area contributed by atoms with E-state index >= 15 is 0 Å². The lowest BCUT2D eigenvalue weighted by atomic mass is 10.0. The van der Waals surface area contributed by atoms with Gasteiger partial charge < -0.3 is 0 Å². The Kier molecular flexibility index (Phi) is 4.77. The maximum atomic E-state index is 5.74. The summed E-state index contributed by atoms with van der Waals surface area (Å²) < 4.78 is 4.08. The van der Waals surface area contributed by atoms with E-state index in [-0.39, 0.29) is 6.04 Å². The highest BCUT2D eigenvalue weighted by Crippen LogP contribution is 2.30. The van der Waals surface area contributed by atoms with Crippen molar-refractivity contribution < 1.29 is 0 Å². The van der Waals surface area contributed by atoms with Crippen LogP contribution in [0.15, 0.2) is 34.9 Å². The third kappa shape index (κ3) is 2.61. The van der Waals surface area contributed by atoms with Crippen LogP contribution in [0.4, 0.5) is 0 Å². The van der Waals surface area contributed by atoms with Gasteiger partial charge in [0.15, 0.2) is 0 Å². The van der Waals surface area contributed by atoms with Crippen molar-refractivity contribution in [1.82, 2.24) is 15.2 Å². The molecule has 0 aliphatic carbocycles. The molecular formula is C12H14BrIN4. The molecule has 0 saturated carbocycles. The first-order chi connectivity index (χ1) is 8.69. The van der Waals surface area contributed by atoms with Crippen LogP contribution in [-0.2, 0) is 6.54 Å². The standard InChI is InChI=1S/C12H14BrIN4/c1-2-18-12(9(13)7-16-18)11(17-15)8-5-3-4-6-10(8)14/h3-7,11,17H,2,15H2,1H3. The molecule has 18 heavy (non-hydrogen) atoms. The molecule has 0 saturated heterocycles. The molecule has 2 rings (SSSR count). The van der Waals surface area contributed by atoms with E-state index < -0.39 is 0 Å². The second-order valence-electron chi connectivity index (χ2n) is 3.81. The van der Waals surface area contributed by atoms with Crippen molar-refractivity contribution in [2.75, 3.05) is 0 Å². The predicted octanol–water partition coefficient (Wildman–Crippen LogP) is 2.82. The summed E-state index contributed by atoms with van der Waals surface area (Å²) in [5.41, 5.74) is 5.08. The van der Waals surface area contributed by atoms with E-state index in [0.717, 1.165) is 22.3 Å². The van der Waals surface area contributed by atoms with Crippen LogP contribution in [0, 0.1) is 3.57 Å². The average Bonchev–Trinajstić information content (AvgIpc) is 2.74. The second kappa shape index (κ2) is 6.14. The largest absolute Gasteiger partial charge is 0.271 e. The summed E-state index contributed by atoms with van der Waals surface area (Å²) in [7, 11) is 0. The number of aryl methyl sites for hydroxylation is 1. The molecule has 1 heterocycles. The van der Waals surface area contributed by atoms with Gasteiger partial charge in [-0.1, -0.05) is 18.2 Å². The highest BCUT2D eigenvalue weighted by Gasteiger charge is 2.21. The quantitative estimate of drug-likeness (QED) is 0.454. The summed E-state index contributed by atoms with van der Waals surface area (Å²) in [5, 5.41) is 4.33. The summed E-state index contributed by atoms with van der Waals surface area (Å²) in [4.78, 5) is 0. The zero-order valence-corrected chi connectivity index (χ0v) is 13.6. The number of benzene rings is 1. The third-order valence-electron chi connectivity index (χ3n) is 2.79. The van der Waals surface area contributed by atoms with E-state index in [1.807, 2.05) is 16.8 Å². The topological polar surface area (TPSA) is 55.9 Å². The van der Waals surface area contributed by atoms with Crippen LogP contribution < -0.4 is 11.3 Å². The Bertz CT molecular complexity index is 541. The van der Waals surface area contributed by atoms with Crippen LogP contribution in [0.3, 0.4) is 0 Å². The smallest absolute Gasteiger partial charge is 0.0900 e. The fraction of sp³-hybridized carbons (Fsp3) is 0.250. The minimum absolute atomic E-state index is 0.0741. The number of aromatic nitrogens is 2. The van der Waals surface area contributed by atoms with Gasteiger partial charge in [-0.3, -0.25) is 10.5 Å². The minimum atomic E-state index is -0.0741. The Morgan fingerprint density at radius 1 is 1.50 bits per heavy atom. The van der Waals surface area contributed by atoms with E-state index in [1.54, 1.807) is 6.20 Å². The van der Waals surface area contributed by atoms with Crippen LogP contribution in [0.2, 0.25) is 0 Å². The molecule has 96 valence electrons. The number of hydrogen-bond acceptors (Lipinski definition) is 3. The van der Waals surface area contributed by atoms with Gasteiger partial charge in [-0.05, 0) is 57.1 Å². The van der Waals surface area contributed by atoms with E-state index in [1.165, 1.54) is 3.57 Å².